The Morgan fingerprint density at radius 2 is 2.03 bits per heavy atom. The van der Waals surface area contributed by atoms with Gasteiger partial charge in [0.15, 0.2) is 5.65 Å². The molecule has 0 spiro atoms. The van der Waals surface area contributed by atoms with Gasteiger partial charge in [-0.15, -0.1) is 0 Å². The van der Waals surface area contributed by atoms with E-state index < -0.39 is 22.0 Å². The Balaban J connectivity index is 1.54. The molecule has 2 aliphatic rings. The number of hydrogen-bond acceptors (Lipinski definition) is 7. The van der Waals surface area contributed by atoms with Crippen LogP contribution in [0.1, 0.15) is 38.2 Å². The van der Waals surface area contributed by atoms with Gasteiger partial charge in [0.1, 0.15) is 11.5 Å². The largest absolute Gasteiger partial charge is 0.367 e. The van der Waals surface area contributed by atoms with E-state index in [1.165, 1.54) is 6.08 Å². The predicted molar refractivity (Wildman–Crippen MR) is 132 cm³/mol. The monoisotopic (exact) mass is 495 g/mol. The van der Waals surface area contributed by atoms with Crippen molar-refractivity contribution in [2.24, 2.45) is 0 Å². The van der Waals surface area contributed by atoms with Crippen LogP contribution < -0.4 is 20.7 Å². The third-order valence-electron chi connectivity index (χ3n) is 5.65. The van der Waals surface area contributed by atoms with Crippen molar-refractivity contribution in [3.05, 3.63) is 47.8 Å². The summed E-state index contributed by atoms with van der Waals surface area (Å²) in [5, 5.41) is 12.5. The van der Waals surface area contributed by atoms with Crippen molar-refractivity contribution < 1.29 is 18.0 Å². The summed E-state index contributed by atoms with van der Waals surface area (Å²) in [6, 6.07) is 8.68. The second-order valence-electron chi connectivity index (χ2n) is 8.60. The van der Waals surface area contributed by atoms with Gasteiger partial charge in [-0.1, -0.05) is 25.5 Å². The second kappa shape index (κ2) is 9.02. The first kappa shape index (κ1) is 22.8. The molecule has 0 unspecified atom stereocenters. The molecule has 35 heavy (non-hydrogen) atoms. The first-order chi connectivity index (χ1) is 16.8. The molecular weight excluding hydrogens is 470 g/mol. The molecule has 3 amide bonds. The number of nitrogens with zero attached hydrogens (tertiary/aromatic N) is 3. The fourth-order valence-electron chi connectivity index (χ4n) is 3.71. The molecule has 1 aliphatic heterocycles. The van der Waals surface area contributed by atoms with E-state index >= 15 is 0 Å². The zero-order valence-corrected chi connectivity index (χ0v) is 19.9. The van der Waals surface area contributed by atoms with E-state index in [1.807, 2.05) is 19.1 Å². The topological polar surface area (TPSA) is 147 Å². The highest BCUT2D eigenvalue weighted by atomic mass is 32.2. The van der Waals surface area contributed by atoms with Crippen LogP contribution in [-0.4, -0.2) is 46.7 Å². The maximum atomic E-state index is 12.4. The lowest BCUT2D eigenvalue weighted by molar-refractivity contribution is -0.115. The van der Waals surface area contributed by atoms with Crippen molar-refractivity contribution >= 4 is 45.2 Å². The summed E-state index contributed by atoms with van der Waals surface area (Å²) in [6.45, 7) is 1.94. The number of amides is 3. The van der Waals surface area contributed by atoms with Crippen LogP contribution in [0.5, 0.6) is 0 Å². The number of carbonyl (C=O) groups excluding carboxylic acids is 2. The fourth-order valence-corrected chi connectivity index (χ4v) is 4.97. The van der Waals surface area contributed by atoms with Crippen molar-refractivity contribution in [1.29, 1.82) is 0 Å². The van der Waals surface area contributed by atoms with Crippen LogP contribution >= 0.6 is 0 Å². The minimum absolute atomic E-state index is 0.0609. The standard InChI is InChI=1S/C23H25N7O4S/c1-2-3-9-35(33,34)29-17-6-4-5-14(10-17)18-12-20(25-16-7-8-16)30-21(26-18)15(13-24-30)11-19-22(31)28-23(32)27-19/h4-6,10-13,16,25,29H,2-3,7-9H2,1H3,(H2,27,28,31,32)/b19-11-. The molecule has 1 saturated heterocycles. The lowest BCUT2D eigenvalue weighted by Gasteiger charge is -2.12. The van der Waals surface area contributed by atoms with E-state index in [9.17, 15) is 18.0 Å². The van der Waals surface area contributed by atoms with Crippen LogP contribution in [0, 0.1) is 0 Å². The highest BCUT2D eigenvalue weighted by Gasteiger charge is 2.25. The number of benzene rings is 1. The average molecular weight is 496 g/mol. The number of fused-ring (bicyclic) bond motifs is 1. The summed E-state index contributed by atoms with van der Waals surface area (Å²) in [5.41, 5.74) is 2.93. The summed E-state index contributed by atoms with van der Waals surface area (Å²) < 4.78 is 29.0. The summed E-state index contributed by atoms with van der Waals surface area (Å²) in [5.74, 6) is 0.265. The zero-order valence-electron chi connectivity index (χ0n) is 19.0. The second-order valence-corrected chi connectivity index (χ2v) is 10.4. The number of unbranched alkanes of at least 4 members (excludes halogenated alkanes) is 1. The third-order valence-corrected chi connectivity index (χ3v) is 7.02. The van der Waals surface area contributed by atoms with Crippen molar-refractivity contribution in [3.63, 3.8) is 0 Å². The van der Waals surface area contributed by atoms with Gasteiger partial charge in [-0.05, 0) is 37.5 Å². The normalized spacial score (nSPS) is 17.0. The first-order valence-electron chi connectivity index (χ1n) is 11.4. The first-order valence-corrected chi connectivity index (χ1v) is 13.1. The van der Waals surface area contributed by atoms with Crippen LogP contribution in [0.2, 0.25) is 0 Å². The Labute approximate surface area is 202 Å². The van der Waals surface area contributed by atoms with Crippen LogP contribution in [0.3, 0.4) is 0 Å². The lowest BCUT2D eigenvalue weighted by Crippen LogP contribution is -2.22. The minimum Gasteiger partial charge on any atom is -0.367 e. The molecular formula is C23H25N7O4S. The molecule has 12 heteroatoms. The molecule has 182 valence electrons. The molecule has 1 saturated carbocycles. The summed E-state index contributed by atoms with van der Waals surface area (Å²) >= 11 is 0. The van der Waals surface area contributed by atoms with E-state index in [4.69, 9.17) is 4.98 Å². The molecule has 0 radical (unpaired) electrons. The van der Waals surface area contributed by atoms with Crippen molar-refractivity contribution in [2.75, 3.05) is 15.8 Å². The van der Waals surface area contributed by atoms with Crippen molar-refractivity contribution in [2.45, 2.75) is 38.6 Å². The van der Waals surface area contributed by atoms with E-state index in [2.05, 4.69) is 25.8 Å². The number of urea groups is 1. The van der Waals surface area contributed by atoms with Crippen LogP contribution in [0.4, 0.5) is 16.3 Å². The number of rotatable bonds is 9. The van der Waals surface area contributed by atoms with E-state index in [0.29, 0.717) is 40.6 Å². The molecule has 2 aromatic heterocycles. The Morgan fingerprint density at radius 1 is 1.20 bits per heavy atom. The van der Waals surface area contributed by atoms with Gasteiger partial charge in [0.05, 0.1) is 17.6 Å². The van der Waals surface area contributed by atoms with Gasteiger partial charge >= 0.3 is 6.03 Å². The van der Waals surface area contributed by atoms with Crippen LogP contribution in [0.15, 0.2) is 42.2 Å². The predicted octanol–water partition coefficient (Wildman–Crippen LogP) is 2.69. The fraction of sp³-hybridized carbons (Fsp3) is 0.304. The Hall–Kier alpha value is -3.93. The van der Waals surface area contributed by atoms with E-state index in [-0.39, 0.29) is 11.4 Å². The number of sulfonamides is 1. The van der Waals surface area contributed by atoms with Crippen LogP contribution in [0.25, 0.3) is 23.0 Å². The average Bonchev–Trinajstić information content (AvgIpc) is 3.45. The minimum atomic E-state index is -3.44. The molecule has 1 aliphatic carbocycles. The van der Waals surface area contributed by atoms with Gasteiger partial charge in [-0.2, -0.15) is 9.61 Å². The molecule has 0 atom stereocenters. The van der Waals surface area contributed by atoms with Crippen molar-refractivity contribution in [3.8, 4) is 11.3 Å². The number of nitrogens with one attached hydrogen (secondary N) is 4. The maximum absolute atomic E-state index is 12.4. The van der Waals surface area contributed by atoms with Gasteiger partial charge in [-0.25, -0.2) is 18.2 Å². The highest BCUT2D eigenvalue weighted by molar-refractivity contribution is 7.92. The molecule has 0 bridgehead atoms. The third kappa shape index (κ3) is 5.11. The van der Waals surface area contributed by atoms with E-state index in [0.717, 1.165) is 25.1 Å². The maximum Gasteiger partial charge on any atom is 0.326 e. The lowest BCUT2D eigenvalue weighted by atomic mass is 10.1. The molecule has 2 fully saturated rings. The summed E-state index contributed by atoms with van der Waals surface area (Å²) in [4.78, 5) is 28.2. The van der Waals surface area contributed by atoms with Gasteiger partial charge < -0.3 is 10.6 Å². The SMILES string of the molecule is CCCCS(=O)(=O)Nc1cccc(-c2cc(NC3CC3)n3ncc(/C=C4\NC(=O)NC4=O)c3n2)c1. The van der Waals surface area contributed by atoms with Crippen LogP contribution in [-0.2, 0) is 14.8 Å². The van der Waals surface area contributed by atoms with Crippen molar-refractivity contribution in [1.82, 2.24) is 25.2 Å². The van der Waals surface area contributed by atoms with Gasteiger partial charge in [0.2, 0.25) is 10.0 Å². The zero-order chi connectivity index (χ0) is 24.6. The summed E-state index contributed by atoms with van der Waals surface area (Å²) in [7, 11) is -3.44. The Bertz CT molecular complexity index is 1460. The van der Waals surface area contributed by atoms with Gasteiger partial charge in [0, 0.05) is 28.9 Å². The number of imide groups is 1. The number of aromatic nitrogens is 3. The molecule has 3 heterocycles. The quantitative estimate of drug-likeness (QED) is 0.264. The Kier molecular flexibility index (Phi) is 5.89. The van der Waals surface area contributed by atoms with Gasteiger partial charge in [0.25, 0.3) is 5.91 Å². The molecule has 4 N–H and O–H groups in total. The number of hydrogen-bond donors (Lipinski definition) is 4. The molecule has 3 aromatic rings. The van der Waals surface area contributed by atoms with E-state index in [1.54, 1.807) is 28.9 Å². The molecule has 1 aromatic carbocycles. The smallest absolute Gasteiger partial charge is 0.326 e. The highest BCUT2D eigenvalue weighted by Crippen LogP contribution is 2.30. The number of anilines is 2. The van der Waals surface area contributed by atoms with Gasteiger partial charge in [-0.3, -0.25) is 14.8 Å². The molecule has 5 rings (SSSR count). The Morgan fingerprint density at radius 3 is 2.74 bits per heavy atom. The number of carbonyl (C=O) groups is 2. The summed E-state index contributed by atoms with van der Waals surface area (Å²) in [6.07, 6.45) is 6.58. The molecule has 11 nitrogen and oxygen atoms in total.